The van der Waals surface area contributed by atoms with Crippen molar-refractivity contribution in [2.24, 2.45) is 5.73 Å². The van der Waals surface area contributed by atoms with Gasteiger partial charge in [-0.3, -0.25) is 0 Å². The molecule has 0 heterocycles. The van der Waals surface area contributed by atoms with E-state index in [-0.39, 0.29) is 18.4 Å². The van der Waals surface area contributed by atoms with Crippen LogP contribution in [0.5, 0.6) is 0 Å². The molecule has 0 aromatic heterocycles. The Labute approximate surface area is 99.0 Å². The van der Waals surface area contributed by atoms with Gasteiger partial charge in [-0.15, -0.1) is 0 Å². The fourth-order valence-corrected chi connectivity index (χ4v) is 3.43. The molecular formula is C10H24N2O3S. The summed E-state index contributed by atoms with van der Waals surface area (Å²) in [6.07, 6.45) is 1.62. The topological polar surface area (TPSA) is 72.6 Å². The number of hydrogen-bond donors (Lipinski definition) is 1. The number of nitrogens with two attached hydrogens (primary N) is 1. The van der Waals surface area contributed by atoms with Crippen LogP contribution in [0.3, 0.4) is 0 Å². The van der Waals surface area contributed by atoms with E-state index in [1.807, 2.05) is 13.8 Å². The van der Waals surface area contributed by atoms with Crippen LogP contribution in [0.2, 0.25) is 0 Å². The molecule has 0 radical (unpaired) electrons. The molecule has 0 spiro atoms. The molecule has 0 rings (SSSR count). The van der Waals surface area contributed by atoms with Crippen molar-refractivity contribution in [3.05, 3.63) is 0 Å². The first-order valence-corrected chi connectivity index (χ1v) is 7.32. The van der Waals surface area contributed by atoms with Crippen LogP contribution >= 0.6 is 0 Å². The first kappa shape index (κ1) is 15.8. The summed E-state index contributed by atoms with van der Waals surface area (Å²) in [5.41, 5.74) is 5.46. The van der Waals surface area contributed by atoms with E-state index in [2.05, 4.69) is 0 Å². The van der Waals surface area contributed by atoms with Gasteiger partial charge < -0.3 is 10.5 Å². The number of ether oxygens (including phenoxy) is 1. The van der Waals surface area contributed by atoms with Crippen molar-refractivity contribution >= 4 is 10.0 Å². The van der Waals surface area contributed by atoms with E-state index in [0.29, 0.717) is 13.1 Å². The minimum atomic E-state index is -3.24. The molecule has 0 aliphatic heterocycles. The predicted octanol–water partition coefficient (Wildman–Crippen LogP) is 0.412. The lowest BCUT2D eigenvalue weighted by Gasteiger charge is -2.29. The molecule has 0 saturated heterocycles. The van der Waals surface area contributed by atoms with Gasteiger partial charge in [-0.2, -0.15) is 4.31 Å². The van der Waals surface area contributed by atoms with Gasteiger partial charge in [-0.1, -0.05) is 13.8 Å². The first-order valence-electron chi connectivity index (χ1n) is 5.71. The second-order valence-corrected chi connectivity index (χ2v) is 5.72. The second kappa shape index (κ2) is 8.00. The summed E-state index contributed by atoms with van der Waals surface area (Å²) >= 11 is 0. The van der Waals surface area contributed by atoms with Crippen LogP contribution in [0.15, 0.2) is 0 Å². The molecule has 98 valence electrons. The van der Waals surface area contributed by atoms with E-state index in [0.717, 1.165) is 12.8 Å². The van der Waals surface area contributed by atoms with Crippen molar-refractivity contribution in [3.63, 3.8) is 0 Å². The Bertz CT molecular complexity index is 263. The molecule has 0 fully saturated rings. The van der Waals surface area contributed by atoms with Gasteiger partial charge in [0, 0.05) is 26.2 Å². The second-order valence-electron chi connectivity index (χ2n) is 3.68. The quantitative estimate of drug-likeness (QED) is 0.645. The van der Waals surface area contributed by atoms with Crippen molar-refractivity contribution in [2.75, 3.05) is 32.6 Å². The molecule has 0 aromatic rings. The number of sulfonamides is 1. The van der Waals surface area contributed by atoms with Crippen LogP contribution in [-0.2, 0) is 14.8 Å². The van der Waals surface area contributed by atoms with Gasteiger partial charge in [-0.25, -0.2) is 8.42 Å². The summed E-state index contributed by atoms with van der Waals surface area (Å²) in [7, 11) is -1.74. The lowest BCUT2D eigenvalue weighted by molar-refractivity contribution is 0.213. The highest BCUT2D eigenvalue weighted by molar-refractivity contribution is 7.89. The Morgan fingerprint density at radius 2 is 1.88 bits per heavy atom. The average molecular weight is 252 g/mol. The summed E-state index contributed by atoms with van der Waals surface area (Å²) in [6, 6.07) is 0.0467. The normalized spacial score (nSPS) is 12.6. The zero-order valence-electron chi connectivity index (χ0n) is 10.5. The highest BCUT2D eigenvalue weighted by Gasteiger charge is 2.26. The van der Waals surface area contributed by atoms with Crippen LogP contribution in [0, 0.1) is 0 Å². The number of rotatable bonds is 9. The third kappa shape index (κ3) is 4.78. The smallest absolute Gasteiger partial charge is 0.216 e. The molecule has 0 aromatic carbocycles. The van der Waals surface area contributed by atoms with E-state index in [9.17, 15) is 8.42 Å². The molecule has 0 amide bonds. The lowest BCUT2D eigenvalue weighted by atomic mass is 10.2. The molecule has 0 bridgehead atoms. The minimum absolute atomic E-state index is 0.0278. The number of hydrogen-bond acceptors (Lipinski definition) is 4. The van der Waals surface area contributed by atoms with E-state index < -0.39 is 10.0 Å². The Morgan fingerprint density at radius 1 is 1.31 bits per heavy atom. The first-order chi connectivity index (χ1) is 7.53. The molecule has 6 heteroatoms. The predicted molar refractivity (Wildman–Crippen MR) is 65.8 cm³/mol. The number of nitrogens with zero attached hydrogens (tertiary/aromatic N) is 1. The Hall–Kier alpha value is -0.170. The van der Waals surface area contributed by atoms with Crippen LogP contribution in [0.4, 0.5) is 0 Å². The monoisotopic (exact) mass is 252 g/mol. The van der Waals surface area contributed by atoms with Crippen molar-refractivity contribution < 1.29 is 13.2 Å². The summed E-state index contributed by atoms with van der Waals surface area (Å²) < 4.78 is 30.4. The Balaban J connectivity index is 4.73. The van der Waals surface area contributed by atoms with Gasteiger partial charge in [0.25, 0.3) is 0 Å². The molecule has 5 nitrogen and oxygen atoms in total. The third-order valence-corrected chi connectivity index (χ3v) is 4.48. The van der Waals surface area contributed by atoms with E-state index in [1.165, 1.54) is 11.4 Å². The maximum atomic E-state index is 12.0. The van der Waals surface area contributed by atoms with Gasteiger partial charge >= 0.3 is 0 Å². The van der Waals surface area contributed by atoms with Crippen LogP contribution < -0.4 is 5.73 Å². The standard InChI is InChI=1S/C10H24N2O3S/c1-4-10(5-2)12(7-6-11)16(13,14)9-8-15-3/h10H,4-9,11H2,1-3H3. The Morgan fingerprint density at radius 3 is 2.25 bits per heavy atom. The molecule has 0 saturated carbocycles. The van der Waals surface area contributed by atoms with Gasteiger partial charge in [0.15, 0.2) is 0 Å². The maximum Gasteiger partial charge on any atom is 0.216 e. The van der Waals surface area contributed by atoms with E-state index in [1.54, 1.807) is 0 Å². The van der Waals surface area contributed by atoms with E-state index in [4.69, 9.17) is 10.5 Å². The van der Waals surface area contributed by atoms with Gasteiger partial charge in [0.05, 0.1) is 12.4 Å². The zero-order valence-corrected chi connectivity index (χ0v) is 11.3. The number of methoxy groups -OCH3 is 1. The molecule has 2 N–H and O–H groups in total. The molecular weight excluding hydrogens is 228 g/mol. The summed E-state index contributed by atoms with van der Waals surface area (Å²) in [5, 5.41) is 0. The Kier molecular flexibility index (Phi) is 7.91. The van der Waals surface area contributed by atoms with Crippen LogP contribution in [-0.4, -0.2) is 51.3 Å². The molecule has 16 heavy (non-hydrogen) atoms. The van der Waals surface area contributed by atoms with Crippen molar-refractivity contribution in [3.8, 4) is 0 Å². The molecule has 0 atom stereocenters. The average Bonchev–Trinajstić information content (AvgIpc) is 2.27. The molecule has 0 aliphatic carbocycles. The maximum absolute atomic E-state index is 12.0. The fourth-order valence-electron chi connectivity index (χ4n) is 1.68. The van der Waals surface area contributed by atoms with Gasteiger partial charge in [0.1, 0.15) is 0 Å². The zero-order chi connectivity index (χ0) is 12.6. The third-order valence-electron chi connectivity index (χ3n) is 2.60. The van der Waals surface area contributed by atoms with E-state index >= 15 is 0 Å². The fraction of sp³-hybridized carbons (Fsp3) is 1.00. The summed E-state index contributed by atoms with van der Waals surface area (Å²) in [5.74, 6) is 0.0278. The highest BCUT2D eigenvalue weighted by atomic mass is 32.2. The largest absolute Gasteiger partial charge is 0.384 e. The molecule has 0 unspecified atom stereocenters. The highest BCUT2D eigenvalue weighted by Crippen LogP contribution is 2.13. The lowest BCUT2D eigenvalue weighted by Crippen LogP contribution is -2.44. The van der Waals surface area contributed by atoms with Crippen LogP contribution in [0.25, 0.3) is 0 Å². The SMILES string of the molecule is CCC(CC)N(CCN)S(=O)(=O)CCOC. The summed E-state index contributed by atoms with van der Waals surface area (Å²) in [4.78, 5) is 0. The van der Waals surface area contributed by atoms with Crippen molar-refractivity contribution in [1.29, 1.82) is 0 Å². The van der Waals surface area contributed by atoms with Crippen molar-refractivity contribution in [1.82, 2.24) is 4.31 Å². The van der Waals surface area contributed by atoms with Crippen molar-refractivity contribution in [2.45, 2.75) is 32.7 Å². The van der Waals surface area contributed by atoms with Gasteiger partial charge in [0.2, 0.25) is 10.0 Å². The summed E-state index contributed by atoms with van der Waals surface area (Å²) in [6.45, 7) is 4.94. The van der Waals surface area contributed by atoms with Crippen LogP contribution in [0.1, 0.15) is 26.7 Å². The molecule has 0 aliphatic rings. The minimum Gasteiger partial charge on any atom is -0.384 e. The van der Waals surface area contributed by atoms with Gasteiger partial charge in [-0.05, 0) is 12.8 Å².